The van der Waals surface area contributed by atoms with Crippen molar-refractivity contribution in [3.63, 3.8) is 0 Å². The van der Waals surface area contributed by atoms with Crippen LogP contribution in [0, 0.1) is 0 Å². The average molecular weight is 560 g/mol. The molecule has 1 unspecified atom stereocenters. The number of halogens is 1. The van der Waals surface area contributed by atoms with E-state index in [1.54, 1.807) is 7.11 Å². The van der Waals surface area contributed by atoms with Gasteiger partial charge in [-0.1, -0.05) is 12.1 Å². The van der Waals surface area contributed by atoms with Gasteiger partial charge in [-0.2, -0.15) is 0 Å². The second kappa shape index (κ2) is 14.2. The molecule has 0 bridgehead atoms. The van der Waals surface area contributed by atoms with Gasteiger partial charge in [0.1, 0.15) is 5.75 Å². The van der Waals surface area contributed by atoms with Gasteiger partial charge in [-0.3, -0.25) is 9.89 Å². The Hall–Kier alpha value is -1.10. The van der Waals surface area contributed by atoms with E-state index >= 15 is 0 Å². The van der Waals surface area contributed by atoms with Gasteiger partial charge in [0, 0.05) is 44.8 Å². The number of methoxy groups -OCH3 is 1. The van der Waals surface area contributed by atoms with Gasteiger partial charge in [0.05, 0.1) is 32.9 Å². The van der Waals surface area contributed by atoms with Crippen molar-refractivity contribution in [1.29, 1.82) is 0 Å². The Balaban J connectivity index is 0.00000363. The molecule has 0 amide bonds. The molecule has 0 aliphatic carbocycles. The lowest BCUT2D eigenvalue weighted by molar-refractivity contribution is 0.0179. The first-order valence-electron chi connectivity index (χ1n) is 11.8. The fourth-order valence-corrected chi connectivity index (χ4v) is 4.40. The number of hydrogen-bond donors (Lipinski definition) is 2. The molecule has 0 aromatic heterocycles. The van der Waals surface area contributed by atoms with Crippen molar-refractivity contribution in [2.45, 2.75) is 51.7 Å². The summed E-state index contributed by atoms with van der Waals surface area (Å²) in [6, 6.07) is 9.74. The SMILES string of the molecule is CCNC(=NCC(c1ccc(OC)cc1)N1CCOCC1)NC1CCN(C(C)C)CC1.I. The highest BCUT2D eigenvalue weighted by Gasteiger charge is 2.24. The molecular formula is C24H42IN5O2. The number of nitrogens with zero attached hydrogens (tertiary/aromatic N) is 3. The summed E-state index contributed by atoms with van der Waals surface area (Å²) in [5.74, 6) is 1.81. The number of guanidine groups is 1. The van der Waals surface area contributed by atoms with E-state index in [2.05, 4.69) is 53.3 Å². The summed E-state index contributed by atoms with van der Waals surface area (Å²) in [4.78, 5) is 10.1. The van der Waals surface area contributed by atoms with Crippen molar-refractivity contribution in [3.05, 3.63) is 29.8 Å². The van der Waals surface area contributed by atoms with Gasteiger partial charge >= 0.3 is 0 Å². The van der Waals surface area contributed by atoms with E-state index in [0.717, 1.165) is 70.5 Å². The zero-order chi connectivity index (χ0) is 22.1. The lowest BCUT2D eigenvalue weighted by Crippen LogP contribution is -2.50. The van der Waals surface area contributed by atoms with E-state index in [4.69, 9.17) is 14.5 Å². The quantitative estimate of drug-likeness (QED) is 0.290. The zero-order valence-corrected chi connectivity index (χ0v) is 22.5. The first kappa shape index (κ1) is 27.1. The third-order valence-electron chi connectivity index (χ3n) is 6.35. The predicted molar refractivity (Wildman–Crippen MR) is 142 cm³/mol. The van der Waals surface area contributed by atoms with Gasteiger partial charge in [-0.25, -0.2) is 0 Å². The highest BCUT2D eigenvalue weighted by molar-refractivity contribution is 14.0. The number of piperidine rings is 1. The molecule has 2 aliphatic rings. The fraction of sp³-hybridized carbons (Fsp3) is 0.708. The van der Waals surface area contributed by atoms with Gasteiger partial charge in [0.2, 0.25) is 0 Å². The van der Waals surface area contributed by atoms with Gasteiger partial charge in [-0.05, 0) is 51.3 Å². The van der Waals surface area contributed by atoms with E-state index in [0.29, 0.717) is 18.6 Å². The van der Waals surface area contributed by atoms with Crippen molar-refractivity contribution in [1.82, 2.24) is 20.4 Å². The number of likely N-dealkylation sites (tertiary alicyclic amines) is 1. The van der Waals surface area contributed by atoms with Crippen molar-refractivity contribution in [2.24, 2.45) is 4.99 Å². The van der Waals surface area contributed by atoms with E-state index in [1.165, 1.54) is 5.56 Å². The fourth-order valence-electron chi connectivity index (χ4n) is 4.40. The zero-order valence-electron chi connectivity index (χ0n) is 20.2. The first-order chi connectivity index (χ1) is 15.1. The van der Waals surface area contributed by atoms with Crippen LogP contribution in [0.5, 0.6) is 5.75 Å². The molecule has 3 rings (SSSR count). The molecule has 1 atom stereocenters. The predicted octanol–water partition coefficient (Wildman–Crippen LogP) is 3.11. The summed E-state index contributed by atoms with van der Waals surface area (Å²) in [6.07, 6.45) is 2.32. The third kappa shape index (κ3) is 8.04. The summed E-state index contributed by atoms with van der Waals surface area (Å²) >= 11 is 0. The minimum absolute atomic E-state index is 0. The Labute approximate surface area is 211 Å². The van der Waals surface area contributed by atoms with Crippen LogP contribution in [-0.2, 0) is 4.74 Å². The Kier molecular flexibility index (Phi) is 12.1. The lowest BCUT2D eigenvalue weighted by atomic mass is 10.0. The molecular weight excluding hydrogens is 517 g/mol. The largest absolute Gasteiger partial charge is 0.497 e. The van der Waals surface area contributed by atoms with Crippen LogP contribution in [0.4, 0.5) is 0 Å². The Bertz CT molecular complexity index is 671. The van der Waals surface area contributed by atoms with Crippen molar-refractivity contribution in [3.8, 4) is 5.75 Å². The minimum atomic E-state index is 0. The molecule has 0 saturated carbocycles. The number of aliphatic imine (C=N–C) groups is 1. The standard InChI is InChI=1S/C24H41N5O2.HI/c1-5-25-24(27-21-10-12-28(13-11-21)19(2)3)26-18-23(29-14-16-31-17-15-29)20-6-8-22(30-4)9-7-20;/h6-9,19,21,23H,5,10-18H2,1-4H3,(H2,25,26,27);1H. The maximum absolute atomic E-state index is 5.59. The van der Waals surface area contributed by atoms with Crippen LogP contribution >= 0.6 is 24.0 Å². The highest BCUT2D eigenvalue weighted by atomic mass is 127. The maximum Gasteiger partial charge on any atom is 0.191 e. The van der Waals surface area contributed by atoms with Crippen LogP contribution < -0.4 is 15.4 Å². The molecule has 0 spiro atoms. The Morgan fingerprint density at radius 1 is 1.09 bits per heavy atom. The summed E-state index contributed by atoms with van der Waals surface area (Å²) < 4.78 is 10.9. The van der Waals surface area contributed by atoms with Crippen LogP contribution in [0.15, 0.2) is 29.3 Å². The number of nitrogens with one attached hydrogen (secondary N) is 2. The number of rotatable bonds is 8. The van der Waals surface area contributed by atoms with Gasteiger partial charge in [0.15, 0.2) is 5.96 Å². The molecule has 2 heterocycles. The first-order valence-corrected chi connectivity index (χ1v) is 11.8. The van der Waals surface area contributed by atoms with Crippen molar-refractivity contribution < 1.29 is 9.47 Å². The summed E-state index contributed by atoms with van der Waals surface area (Å²) in [6.45, 7) is 14.0. The second-order valence-corrected chi connectivity index (χ2v) is 8.71. The Morgan fingerprint density at radius 2 is 1.75 bits per heavy atom. The molecule has 2 N–H and O–H groups in total. The molecule has 1 aromatic rings. The van der Waals surface area contributed by atoms with Crippen LogP contribution in [0.2, 0.25) is 0 Å². The number of hydrogen-bond acceptors (Lipinski definition) is 5. The lowest BCUT2D eigenvalue weighted by Gasteiger charge is -2.36. The molecule has 2 fully saturated rings. The van der Waals surface area contributed by atoms with Gasteiger partial charge in [0.25, 0.3) is 0 Å². The molecule has 2 aliphatic heterocycles. The number of benzene rings is 1. The topological polar surface area (TPSA) is 61.4 Å². The average Bonchev–Trinajstić information content (AvgIpc) is 2.81. The van der Waals surface area contributed by atoms with Gasteiger partial charge in [-0.15, -0.1) is 24.0 Å². The maximum atomic E-state index is 5.59. The van der Waals surface area contributed by atoms with E-state index in [1.807, 2.05) is 12.1 Å². The third-order valence-corrected chi connectivity index (χ3v) is 6.35. The van der Waals surface area contributed by atoms with E-state index in [9.17, 15) is 0 Å². The molecule has 7 nitrogen and oxygen atoms in total. The molecule has 2 saturated heterocycles. The Morgan fingerprint density at radius 3 is 2.31 bits per heavy atom. The van der Waals surface area contributed by atoms with Crippen molar-refractivity contribution >= 4 is 29.9 Å². The van der Waals surface area contributed by atoms with Crippen molar-refractivity contribution in [2.75, 3.05) is 59.6 Å². The van der Waals surface area contributed by atoms with E-state index in [-0.39, 0.29) is 30.0 Å². The summed E-state index contributed by atoms with van der Waals surface area (Å²) in [7, 11) is 1.71. The molecule has 182 valence electrons. The second-order valence-electron chi connectivity index (χ2n) is 8.71. The smallest absolute Gasteiger partial charge is 0.191 e. The number of ether oxygens (including phenoxy) is 2. The molecule has 8 heteroatoms. The monoisotopic (exact) mass is 559 g/mol. The molecule has 0 radical (unpaired) electrons. The molecule has 32 heavy (non-hydrogen) atoms. The van der Waals surface area contributed by atoms with Gasteiger partial charge < -0.3 is 25.0 Å². The van der Waals surface area contributed by atoms with E-state index < -0.39 is 0 Å². The normalized spacial score (nSPS) is 20.0. The number of morpholine rings is 1. The van der Waals surface area contributed by atoms with Crippen LogP contribution in [0.25, 0.3) is 0 Å². The van der Waals surface area contributed by atoms with Crippen LogP contribution in [-0.4, -0.2) is 87.4 Å². The minimum Gasteiger partial charge on any atom is -0.497 e. The van der Waals surface area contributed by atoms with Crippen LogP contribution in [0.3, 0.4) is 0 Å². The molecule has 1 aromatic carbocycles. The summed E-state index contributed by atoms with van der Waals surface area (Å²) in [5, 5.41) is 7.15. The van der Waals surface area contributed by atoms with Crippen LogP contribution in [0.1, 0.15) is 45.2 Å². The summed E-state index contributed by atoms with van der Waals surface area (Å²) in [5.41, 5.74) is 1.27. The highest BCUT2D eigenvalue weighted by Crippen LogP contribution is 2.24.